The molecule has 0 bridgehead atoms. The highest BCUT2D eigenvalue weighted by atomic mass is 32.1. The summed E-state index contributed by atoms with van der Waals surface area (Å²) >= 11 is 1.61. The summed E-state index contributed by atoms with van der Waals surface area (Å²) in [6.07, 6.45) is 15.3. The lowest BCUT2D eigenvalue weighted by atomic mass is 9.69. The van der Waals surface area contributed by atoms with E-state index in [9.17, 15) is 0 Å². The molecule has 3 rings (SSSR count). The molecule has 0 amide bonds. The predicted molar refractivity (Wildman–Crippen MR) is 120 cm³/mol. The molecular weight excluding hydrogens is 366 g/mol. The number of nitrogen functional groups attached to an aromatic ring is 1. The Bertz CT molecular complexity index is 951. The van der Waals surface area contributed by atoms with Gasteiger partial charge in [-0.05, 0) is 57.2 Å². The fourth-order valence-corrected chi connectivity index (χ4v) is 5.22. The van der Waals surface area contributed by atoms with Gasteiger partial charge in [-0.25, -0.2) is 4.99 Å². The van der Waals surface area contributed by atoms with Crippen molar-refractivity contribution in [2.24, 2.45) is 9.98 Å². The molecule has 2 aliphatic rings. The lowest BCUT2D eigenvalue weighted by molar-refractivity contribution is 0.281. The standard InChI is InChI=1S/C23H27N3OS/c1-6-10-17(25-15(4)5)18-12-14-27-22(26-18)23(8-3)13-9-11-19-20(23)16(7-2)21(24)28-19/h2,6,10,12H,1,8-9,11,13-14,24H2,3-5H3/b17-10-/t23-/m0/s1. The number of nitrogens with zero attached hydrogens (tertiary/aromatic N) is 2. The maximum absolute atomic E-state index is 6.25. The number of ether oxygens (including phenoxy) is 1. The zero-order valence-corrected chi connectivity index (χ0v) is 17.7. The third kappa shape index (κ3) is 3.45. The first-order valence-electron chi connectivity index (χ1n) is 9.62. The van der Waals surface area contributed by atoms with Crippen molar-refractivity contribution in [2.45, 2.75) is 51.9 Å². The third-order valence-corrected chi connectivity index (χ3v) is 6.33. The summed E-state index contributed by atoms with van der Waals surface area (Å²) in [6.45, 7) is 10.4. The second-order valence-corrected chi connectivity index (χ2v) is 8.37. The molecule has 1 atom stereocenters. The summed E-state index contributed by atoms with van der Waals surface area (Å²) in [4.78, 5) is 10.8. The second-order valence-electron chi connectivity index (χ2n) is 7.24. The molecular formula is C23H27N3OS. The molecule has 0 radical (unpaired) electrons. The molecule has 0 saturated carbocycles. The van der Waals surface area contributed by atoms with Crippen LogP contribution in [-0.2, 0) is 16.6 Å². The fourth-order valence-electron chi connectivity index (χ4n) is 4.04. The van der Waals surface area contributed by atoms with E-state index in [2.05, 4.69) is 24.4 Å². The molecule has 2 heterocycles. The van der Waals surface area contributed by atoms with Crippen LogP contribution in [0, 0.1) is 12.3 Å². The van der Waals surface area contributed by atoms with Crippen molar-refractivity contribution < 1.29 is 4.74 Å². The Hall–Kier alpha value is -2.58. The lowest BCUT2D eigenvalue weighted by Crippen LogP contribution is -2.41. The first-order chi connectivity index (χ1) is 13.5. The molecule has 0 fully saturated rings. The van der Waals surface area contributed by atoms with Gasteiger partial charge in [-0.3, -0.25) is 4.99 Å². The Balaban J connectivity index is 2.15. The minimum atomic E-state index is -0.340. The Labute approximate surface area is 171 Å². The van der Waals surface area contributed by atoms with Crippen molar-refractivity contribution in [3.8, 4) is 12.3 Å². The van der Waals surface area contributed by atoms with Gasteiger partial charge < -0.3 is 10.5 Å². The van der Waals surface area contributed by atoms with Crippen LogP contribution < -0.4 is 5.73 Å². The van der Waals surface area contributed by atoms with Gasteiger partial charge in [-0.1, -0.05) is 25.5 Å². The summed E-state index contributed by atoms with van der Waals surface area (Å²) in [5.74, 6) is 3.55. The maximum Gasteiger partial charge on any atom is 0.199 e. The zero-order valence-electron chi connectivity index (χ0n) is 16.8. The first kappa shape index (κ1) is 20.2. The number of allylic oxidation sites excluding steroid dienone is 2. The molecule has 28 heavy (non-hydrogen) atoms. The van der Waals surface area contributed by atoms with Crippen LogP contribution in [0.4, 0.5) is 5.00 Å². The van der Waals surface area contributed by atoms with Crippen LogP contribution in [0.5, 0.6) is 0 Å². The van der Waals surface area contributed by atoms with E-state index in [4.69, 9.17) is 21.9 Å². The summed E-state index contributed by atoms with van der Waals surface area (Å²) in [5, 5.41) is 0.720. The number of nitrogens with two attached hydrogens (primary N) is 1. The first-order valence-corrected chi connectivity index (χ1v) is 10.4. The number of aliphatic imine (C=N–C) groups is 2. The average Bonchev–Trinajstić information content (AvgIpc) is 3.02. The average molecular weight is 394 g/mol. The molecule has 0 spiro atoms. The molecule has 2 N–H and O–H groups in total. The van der Waals surface area contributed by atoms with Crippen LogP contribution in [0.15, 0.2) is 46.2 Å². The van der Waals surface area contributed by atoms with Crippen LogP contribution >= 0.6 is 11.3 Å². The van der Waals surface area contributed by atoms with Crippen molar-refractivity contribution in [3.63, 3.8) is 0 Å². The third-order valence-electron chi connectivity index (χ3n) is 5.25. The number of thiophene rings is 1. The highest BCUT2D eigenvalue weighted by Crippen LogP contribution is 2.49. The van der Waals surface area contributed by atoms with E-state index in [1.807, 2.05) is 26.0 Å². The summed E-state index contributed by atoms with van der Waals surface area (Å²) in [6, 6.07) is 0. The molecule has 1 aromatic rings. The van der Waals surface area contributed by atoms with Crippen molar-refractivity contribution in [1.29, 1.82) is 0 Å². The van der Waals surface area contributed by atoms with Crippen LogP contribution in [0.1, 0.15) is 56.0 Å². The number of hydrogen-bond donors (Lipinski definition) is 1. The maximum atomic E-state index is 6.25. The Morgan fingerprint density at radius 3 is 2.96 bits per heavy atom. The van der Waals surface area contributed by atoms with Gasteiger partial charge in [0.15, 0.2) is 5.90 Å². The Kier molecular flexibility index (Phi) is 5.90. The number of terminal acetylenes is 1. The van der Waals surface area contributed by atoms with Crippen LogP contribution in [0.2, 0.25) is 0 Å². The van der Waals surface area contributed by atoms with E-state index < -0.39 is 0 Å². The fraction of sp³-hybridized carbons (Fsp3) is 0.391. The molecule has 5 heteroatoms. The van der Waals surface area contributed by atoms with Gasteiger partial charge in [0.05, 0.1) is 22.4 Å². The summed E-state index contributed by atoms with van der Waals surface area (Å²) in [5.41, 5.74) is 10.4. The van der Waals surface area contributed by atoms with Gasteiger partial charge in [0.25, 0.3) is 0 Å². The largest absolute Gasteiger partial charge is 0.476 e. The Morgan fingerprint density at radius 1 is 1.54 bits per heavy atom. The number of aryl methyl sites for hydroxylation is 1. The van der Waals surface area contributed by atoms with Crippen molar-refractivity contribution in [1.82, 2.24) is 0 Å². The predicted octanol–water partition coefficient (Wildman–Crippen LogP) is 5.16. The van der Waals surface area contributed by atoms with E-state index in [-0.39, 0.29) is 5.41 Å². The lowest BCUT2D eigenvalue weighted by Gasteiger charge is -2.38. The van der Waals surface area contributed by atoms with Gasteiger partial charge in [0.1, 0.15) is 11.6 Å². The van der Waals surface area contributed by atoms with E-state index in [0.29, 0.717) is 6.61 Å². The number of rotatable bonds is 5. The Morgan fingerprint density at radius 2 is 2.32 bits per heavy atom. The smallest absolute Gasteiger partial charge is 0.199 e. The van der Waals surface area contributed by atoms with Crippen LogP contribution in [0.25, 0.3) is 0 Å². The van der Waals surface area contributed by atoms with Gasteiger partial charge in [0, 0.05) is 10.6 Å². The van der Waals surface area contributed by atoms with Gasteiger partial charge in [0.2, 0.25) is 0 Å². The highest BCUT2D eigenvalue weighted by molar-refractivity contribution is 7.16. The molecule has 0 aromatic carbocycles. The molecule has 1 aromatic heterocycles. The normalized spacial score (nSPS) is 21.6. The molecule has 146 valence electrons. The van der Waals surface area contributed by atoms with Crippen LogP contribution in [0.3, 0.4) is 0 Å². The van der Waals surface area contributed by atoms with Crippen molar-refractivity contribution >= 4 is 27.9 Å². The summed E-state index contributed by atoms with van der Waals surface area (Å²) in [7, 11) is 0. The van der Waals surface area contributed by atoms with Gasteiger partial charge in [-0.2, -0.15) is 0 Å². The number of anilines is 1. The quantitative estimate of drug-likeness (QED) is 0.427. The van der Waals surface area contributed by atoms with E-state index >= 15 is 0 Å². The molecule has 4 nitrogen and oxygen atoms in total. The topological polar surface area (TPSA) is 60.0 Å². The van der Waals surface area contributed by atoms with Gasteiger partial charge >= 0.3 is 0 Å². The minimum Gasteiger partial charge on any atom is -0.476 e. The number of fused-ring (bicyclic) bond motifs is 1. The van der Waals surface area contributed by atoms with E-state index in [1.54, 1.807) is 17.4 Å². The zero-order chi connectivity index (χ0) is 20.3. The van der Waals surface area contributed by atoms with E-state index in [1.165, 1.54) is 4.88 Å². The van der Waals surface area contributed by atoms with Crippen molar-refractivity contribution in [3.05, 3.63) is 52.2 Å². The van der Waals surface area contributed by atoms with E-state index in [0.717, 1.165) is 64.8 Å². The molecule has 1 aliphatic carbocycles. The molecule has 1 aliphatic heterocycles. The van der Waals surface area contributed by atoms with Crippen LogP contribution in [-0.4, -0.2) is 18.2 Å². The second kappa shape index (κ2) is 8.20. The SMILES string of the molecule is C#Cc1c(N)sc2c1[C@@](CC)(C1=NC(/C(=C/C=C)N=C(C)C)=CCO1)CCC2. The number of hydrogen-bond acceptors (Lipinski definition) is 5. The monoisotopic (exact) mass is 393 g/mol. The molecule has 0 unspecified atom stereocenters. The molecule has 0 saturated heterocycles. The minimum absolute atomic E-state index is 0.340. The van der Waals surface area contributed by atoms with Gasteiger partial charge in [-0.15, -0.1) is 17.8 Å². The summed E-state index contributed by atoms with van der Waals surface area (Å²) < 4.78 is 6.11. The van der Waals surface area contributed by atoms with Crippen molar-refractivity contribution in [2.75, 3.05) is 12.3 Å². The highest BCUT2D eigenvalue weighted by Gasteiger charge is 2.45.